The van der Waals surface area contributed by atoms with Crippen molar-refractivity contribution in [3.05, 3.63) is 23.2 Å². The van der Waals surface area contributed by atoms with E-state index in [0.29, 0.717) is 5.13 Å². The summed E-state index contributed by atoms with van der Waals surface area (Å²) in [6.07, 6.45) is 1.39. The third-order valence-electron chi connectivity index (χ3n) is 1.53. The Bertz CT molecular complexity index is 526. The van der Waals surface area contributed by atoms with Crippen molar-refractivity contribution < 1.29 is 0 Å². The molecule has 2 rings (SSSR count). The Hall–Kier alpha value is -2.25. The molecule has 0 aromatic carbocycles. The molecule has 0 bridgehead atoms. The van der Waals surface area contributed by atoms with Crippen LogP contribution in [0.5, 0.6) is 0 Å². The van der Waals surface area contributed by atoms with E-state index in [9.17, 15) is 0 Å². The highest BCUT2D eigenvalue weighted by atomic mass is 32.1. The van der Waals surface area contributed by atoms with Crippen LogP contribution < -0.4 is 0 Å². The zero-order chi connectivity index (χ0) is 9.97. The molecule has 0 saturated heterocycles. The molecule has 0 saturated carbocycles. The molecule has 66 valence electrons. The third kappa shape index (κ3) is 1.13. The SMILES string of the molecule is N#Cc1ncn(-c2nncs2)c1C#N. The van der Waals surface area contributed by atoms with Gasteiger partial charge < -0.3 is 0 Å². The average Bonchev–Trinajstić information content (AvgIpc) is 2.85. The first-order valence-electron chi connectivity index (χ1n) is 3.51. The normalized spacial score (nSPS) is 9.29. The first kappa shape index (κ1) is 8.35. The zero-order valence-electron chi connectivity index (χ0n) is 6.75. The number of nitrogens with zero attached hydrogens (tertiary/aromatic N) is 6. The Morgan fingerprint density at radius 2 is 2.21 bits per heavy atom. The minimum atomic E-state index is 0.0997. The molecule has 6 nitrogen and oxygen atoms in total. The quantitative estimate of drug-likeness (QED) is 0.670. The van der Waals surface area contributed by atoms with Crippen LogP contribution in [0.2, 0.25) is 0 Å². The maximum Gasteiger partial charge on any atom is 0.218 e. The predicted molar refractivity (Wildman–Crippen MR) is 46.5 cm³/mol. The zero-order valence-corrected chi connectivity index (χ0v) is 7.56. The second-order valence-electron chi connectivity index (χ2n) is 2.26. The van der Waals surface area contributed by atoms with Crippen LogP contribution in [-0.2, 0) is 0 Å². The number of hydrogen-bond acceptors (Lipinski definition) is 6. The molecule has 0 aliphatic rings. The summed E-state index contributed by atoms with van der Waals surface area (Å²) in [5.74, 6) is 0. The van der Waals surface area contributed by atoms with Gasteiger partial charge in [0.1, 0.15) is 24.0 Å². The van der Waals surface area contributed by atoms with E-state index in [1.54, 1.807) is 5.51 Å². The fraction of sp³-hybridized carbons (Fsp3) is 0. The van der Waals surface area contributed by atoms with Crippen LogP contribution in [-0.4, -0.2) is 19.7 Å². The van der Waals surface area contributed by atoms with Crippen molar-refractivity contribution in [2.75, 3.05) is 0 Å². The smallest absolute Gasteiger partial charge is 0.218 e. The van der Waals surface area contributed by atoms with Crippen LogP contribution in [0.3, 0.4) is 0 Å². The Labute approximate surface area is 82.7 Å². The third-order valence-corrected chi connectivity index (χ3v) is 2.22. The molecule has 0 atom stereocenters. The van der Waals surface area contributed by atoms with Crippen molar-refractivity contribution in [2.24, 2.45) is 0 Å². The highest BCUT2D eigenvalue weighted by molar-refractivity contribution is 7.11. The maximum absolute atomic E-state index is 8.81. The molecular formula is C7H2N6S. The summed E-state index contributed by atoms with van der Waals surface area (Å²) in [7, 11) is 0. The molecule has 2 heterocycles. The van der Waals surface area contributed by atoms with Gasteiger partial charge in [-0.05, 0) is 0 Å². The van der Waals surface area contributed by atoms with Crippen molar-refractivity contribution >= 4 is 11.3 Å². The number of hydrogen-bond donors (Lipinski definition) is 0. The van der Waals surface area contributed by atoms with Gasteiger partial charge in [-0.15, -0.1) is 10.2 Å². The monoisotopic (exact) mass is 202 g/mol. The lowest BCUT2D eigenvalue weighted by atomic mass is 10.4. The van der Waals surface area contributed by atoms with Crippen molar-refractivity contribution in [3.63, 3.8) is 0 Å². The first-order chi connectivity index (χ1) is 6.86. The van der Waals surface area contributed by atoms with E-state index in [2.05, 4.69) is 15.2 Å². The highest BCUT2D eigenvalue weighted by Gasteiger charge is 2.12. The van der Waals surface area contributed by atoms with E-state index in [0.717, 1.165) is 0 Å². The molecule has 0 amide bonds. The van der Waals surface area contributed by atoms with Gasteiger partial charge in [0, 0.05) is 0 Å². The highest BCUT2D eigenvalue weighted by Crippen LogP contribution is 2.14. The van der Waals surface area contributed by atoms with Gasteiger partial charge in [-0.3, -0.25) is 4.57 Å². The van der Waals surface area contributed by atoms with Gasteiger partial charge in [0.25, 0.3) is 0 Å². The van der Waals surface area contributed by atoms with Crippen molar-refractivity contribution in [2.45, 2.75) is 0 Å². The van der Waals surface area contributed by atoms with Crippen molar-refractivity contribution in [3.8, 4) is 17.3 Å². The summed E-state index contributed by atoms with van der Waals surface area (Å²) in [4.78, 5) is 3.78. The number of imidazole rings is 1. The van der Waals surface area contributed by atoms with Gasteiger partial charge >= 0.3 is 0 Å². The summed E-state index contributed by atoms with van der Waals surface area (Å²) >= 11 is 1.27. The molecule has 2 aromatic rings. The van der Waals surface area contributed by atoms with Crippen molar-refractivity contribution in [1.29, 1.82) is 10.5 Å². The van der Waals surface area contributed by atoms with Gasteiger partial charge in [-0.2, -0.15) is 10.5 Å². The van der Waals surface area contributed by atoms with Crippen LogP contribution in [0.4, 0.5) is 0 Å². The Morgan fingerprint density at radius 1 is 1.36 bits per heavy atom. The molecule has 0 fully saturated rings. The largest absolute Gasteiger partial charge is 0.263 e. The lowest BCUT2D eigenvalue weighted by molar-refractivity contribution is 0.953. The van der Waals surface area contributed by atoms with E-state index in [1.165, 1.54) is 22.2 Å². The minimum absolute atomic E-state index is 0.0997. The topological polar surface area (TPSA) is 91.2 Å². The standard InChI is InChI=1S/C7H2N6S/c8-1-5-6(2-9)13(3-10-5)7-12-11-4-14-7/h3-4H. The average molecular weight is 202 g/mol. The minimum Gasteiger partial charge on any atom is -0.263 e. The van der Waals surface area contributed by atoms with Gasteiger partial charge in [0.15, 0.2) is 11.4 Å². The fourth-order valence-electron chi connectivity index (χ4n) is 0.954. The first-order valence-corrected chi connectivity index (χ1v) is 4.39. The summed E-state index contributed by atoms with van der Waals surface area (Å²) in [6, 6.07) is 3.73. The number of rotatable bonds is 1. The van der Waals surface area contributed by atoms with E-state index in [1.807, 2.05) is 12.1 Å². The van der Waals surface area contributed by atoms with Crippen LogP contribution in [0, 0.1) is 22.7 Å². The van der Waals surface area contributed by atoms with E-state index >= 15 is 0 Å². The van der Waals surface area contributed by atoms with Gasteiger partial charge in [0.05, 0.1) is 0 Å². The molecule has 0 unspecified atom stereocenters. The Kier molecular flexibility index (Phi) is 1.94. The molecule has 2 aromatic heterocycles. The maximum atomic E-state index is 8.81. The van der Waals surface area contributed by atoms with Crippen molar-refractivity contribution in [1.82, 2.24) is 19.7 Å². The number of nitriles is 2. The number of aromatic nitrogens is 4. The van der Waals surface area contributed by atoms with Gasteiger partial charge in [-0.1, -0.05) is 11.3 Å². The van der Waals surface area contributed by atoms with Crippen LogP contribution in [0.1, 0.15) is 11.4 Å². The van der Waals surface area contributed by atoms with E-state index in [4.69, 9.17) is 10.5 Å². The Morgan fingerprint density at radius 3 is 2.79 bits per heavy atom. The Balaban J connectivity index is 2.63. The lowest BCUT2D eigenvalue weighted by Crippen LogP contribution is -1.95. The molecule has 0 radical (unpaired) electrons. The molecular weight excluding hydrogens is 200 g/mol. The van der Waals surface area contributed by atoms with Gasteiger partial charge in [-0.25, -0.2) is 4.98 Å². The molecule has 0 aliphatic heterocycles. The molecule has 7 heteroatoms. The summed E-state index contributed by atoms with van der Waals surface area (Å²) < 4.78 is 1.44. The fourth-order valence-corrected chi connectivity index (χ4v) is 1.49. The molecule has 14 heavy (non-hydrogen) atoms. The van der Waals surface area contributed by atoms with E-state index in [-0.39, 0.29) is 11.4 Å². The summed E-state index contributed by atoms with van der Waals surface area (Å²) in [6.45, 7) is 0. The second-order valence-corrected chi connectivity index (χ2v) is 3.07. The summed E-state index contributed by atoms with van der Waals surface area (Å²) in [5.41, 5.74) is 1.83. The molecule has 0 aliphatic carbocycles. The van der Waals surface area contributed by atoms with Crippen LogP contribution in [0.15, 0.2) is 11.8 Å². The van der Waals surface area contributed by atoms with Crippen LogP contribution >= 0.6 is 11.3 Å². The van der Waals surface area contributed by atoms with Crippen LogP contribution in [0.25, 0.3) is 5.13 Å². The summed E-state index contributed by atoms with van der Waals surface area (Å²) in [5, 5.41) is 25.4. The van der Waals surface area contributed by atoms with E-state index < -0.39 is 0 Å². The predicted octanol–water partition coefficient (Wildman–Crippen LogP) is 0.467. The second kappa shape index (κ2) is 3.24. The van der Waals surface area contributed by atoms with Gasteiger partial charge in [0.2, 0.25) is 5.13 Å². The lowest BCUT2D eigenvalue weighted by Gasteiger charge is -1.93. The molecule has 0 spiro atoms. The molecule has 0 N–H and O–H groups in total.